The highest BCUT2D eigenvalue weighted by atomic mass is 16.4. The van der Waals surface area contributed by atoms with Crippen LogP contribution in [-0.2, 0) is 16.0 Å². The van der Waals surface area contributed by atoms with Crippen molar-refractivity contribution in [3.05, 3.63) is 35.1 Å². The molecule has 1 aliphatic heterocycles. The molecule has 3 rings (SSSR count). The molecule has 0 spiro atoms. The van der Waals surface area contributed by atoms with Gasteiger partial charge in [0.2, 0.25) is 5.91 Å². The highest BCUT2D eigenvalue weighted by Crippen LogP contribution is 2.26. The molecule has 23 heavy (non-hydrogen) atoms. The molecule has 2 aromatic rings. The number of aliphatic carboxylic acids is 1. The molecule has 5 heteroatoms. The maximum Gasteiger partial charge on any atom is 0.326 e. The molecule has 1 unspecified atom stereocenters. The van der Waals surface area contributed by atoms with Crippen molar-refractivity contribution in [2.75, 3.05) is 6.54 Å². The smallest absolute Gasteiger partial charge is 0.326 e. The first-order valence-electron chi connectivity index (χ1n) is 7.97. The molecule has 1 N–H and O–H groups in total. The van der Waals surface area contributed by atoms with Gasteiger partial charge in [-0.25, -0.2) is 4.79 Å². The van der Waals surface area contributed by atoms with Crippen LogP contribution in [0.3, 0.4) is 0 Å². The summed E-state index contributed by atoms with van der Waals surface area (Å²) >= 11 is 0. The van der Waals surface area contributed by atoms with E-state index < -0.39 is 12.0 Å². The zero-order chi connectivity index (χ0) is 16.6. The van der Waals surface area contributed by atoms with E-state index in [0.717, 1.165) is 40.5 Å². The van der Waals surface area contributed by atoms with Crippen LogP contribution in [0.15, 0.2) is 22.8 Å². The number of hydrogen-bond donors (Lipinski definition) is 1. The van der Waals surface area contributed by atoms with Crippen LogP contribution in [0, 0.1) is 13.8 Å². The molecule has 0 saturated carbocycles. The van der Waals surface area contributed by atoms with Crippen molar-refractivity contribution in [3.8, 4) is 0 Å². The van der Waals surface area contributed by atoms with E-state index in [1.165, 1.54) is 4.90 Å². The summed E-state index contributed by atoms with van der Waals surface area (Å²) in [6.07, 6.45) is 4.04. The number of likely N-dealkylation sites (tertiary alicyclic amines) is 1. The number of hydrogen-bond acceptors (Lipinski definition) is 3. The van der Waals surface area contributed by atoms with Gasteiger partial charge < -0.3 is 14.4 Å². The third kappa shape index (κ3) is 2.96. The van der Waals surface area contributed by atoms with E-state index in [1.54, 1.807) is 6.26 Å². The summed E-state index contributed by atoms with van der Waals surface area (Å²) in [7, 11) is 0. The number of rotatable bonds is 3. The Morgan fingerprint density at radius 2 is 2.00 bits per heavy atom. The van der Waals surface area contributed by atoms with Gasteiger partial charge in [0, 0.05) is 17.5 Å². The van der Waals surface area contributed by atoms with Crippen molar-refractivity contribution >= 4 is 22.8 Å². The second-order valence-electron chi connectivity index (χ2n) is 6.31. The standard InChI is InChI=1S/C18H21NO4/c1-11-7-14-13(10-23-16(14)8-12(11)2)9-17(20)19-6-4-3-5-15(19)18(21)22/h7-8,10,15H,3-6,9H2,1-2H3,(H,21,22). The van der Waals surface area contributed by atoms with Gasteiger partial charge in [0.15, 0.2) is 0 Å². The van der Waals surface area contributed by atoms with E-state index in [1.807, 2.05) is 26.0 Å². The average Bonchev–Trinajstić information content (AvgIpc) is 2.89. The molecule has 0 aliphatic carbocycles. The minimum Gasteiger partial charge on any atom is -0.480 e. The first kappa shape index (κ1) is 15.6. The van der Waals surface area contributed by atoms with Gasteiger partial charge in [-0.3, -0.25) is 4.79 Å². The lowest BCUT2D eigenvalue weighted by Crippen LogP contribution is -2.48. The molecule has 1 aromatic carbocycles. The molecule has 1 aromatic heterocycles. The van der Waals surface area contributed by atoms with Crippen LogP contribution in [0.5, 0.6) is 0 Å². The maximum atomic E-state index is 12.6. The normalized spacial score (nSPS) is 18.3. The lowest BCUT2D eigenvalue weighted by molar-refractivity contribution is -0.151. The Balaban J connectivity index is 1.85. The minimum absolute atomic E-state index is 0.141. The van der Waals surface area contributed by atoms with Gasteiger partial charge in [0.05, 0.1) is 12.7 Å². The van der Waals surface area contributed by atoms with Crippen LogP contribution in [0.2, 0.25) is 0 Å². The Morgan fingerprint density at radius 1 is 1.26 bits per heavy atom. The van der Waals surface area contributed by atoms with Gasteiger partial charge >= 0.3 is 5.97 Å². The van der Waals surface area contributed by atoms with Crippen LogP contribution < -0.4 is 0 Å². The van der Waals surface area contributed by atoms with Crippen molar-refractivity contribution in [3.63, 3.8) is 0 Å². The van der Waals surface area contributed by atoms with Crippen LogP contribution in [0.4, 0.5) is 0 Å². The summed E-state index contributed by atoms with van der Waals surface area (Å²) in [5, 5.41) is 10.2. The predicted molar refractivity (Wildman–Crippen MR) is 86.4 cm³/mol. The molecule has 1 amide bonds. The van der Waals surface area contributed by atoms with Crippen LogP contribution >= 0.6 is 0 Å². The number of carbonyl (C=O) groups is 2. The lowest BCUT2D eigenvalue weighted by atomic mass is 10.00. The van der Waals surface area contributed by atoms with Crippen molar-refractivity contribution in [1.82, 2.24) is 4.90 Å². The molecule has 5 nitrogen and oxygen atoms in total. The summed E-state index contributed by atoms with van der Waals surface area (Å²) in [4.78, 5) is 25.5. The Labute approximate surface area is 134 Å². The highest BCUT2D eigenvalue weighted by Gasteiger charge is 2.32. The number of amides is 1. The minimum atomic E-state index is -0.915. The largest absolute Gasteiger partial charge is 0.480 e. The molecule has 122 valence electrons. The van der Waals surface area contributed by atoms with Gasteiger partial charge in [0.1, 0.15) is 11.6 Å². The number of carbonyl (C=O) groups excluding carboxylic acids is 1. The predicted octanol–water partition coefficient (Wildman–Crippen LogP) is 3.06. The Bertz CT molecular complexity index is 762. The molecule has 2 heterocycles. The third-order valence-electron chi connectivity index (χ3n) is 4.72. The molecule has 1 fully saturated rings. The van der Waals surface area contributed by atoms with Crippen LogP contribution in [0.1, 0.15) is 36.0 Å². The monoisotopic (exact) mass is 315 g/mol. The van der Waals surface area contributed by atoms with Crippen LogP contribution in [-0.4, -0.2) is 34.5 Å². The van der Waals surface area contributed by atoms with E-state index >= 15 is 0 Å². The van der Waals surface area contributed by atoms with E-state index in [9.17, 15) is 14.7 Å². The Kier molecular flexibility index (Phi) is 4.11. The lowest BCUT2D eigenvalue weighted by Gasteiger charge is -2.33. The Hall–Kier alpha value is -2.30. The van der Waals surface area contributed by atoms with Crippen molar-refractivity contribution in [1.29, 1.82) is 0 Å². The first-order chi connectivity index (χ1) is 11.0. The number of carboxylic acids is 1. The number of benzene rings is 1. The van der Waals surface area contributed by atoms with E-state index in [4.69, 9.17) is 4.42 Å². The second-order valence-corrected chi connectivity index (χ2v) is 6.31. The van der Waals surface area contributed by atoms with Gasteiger partial charge in [0.25, 0.3) is 0 Å². The molecule has 1 saturated heterocycles. The molecule has 1 atom stereocenters. The second kappa shape index (κ2) is 6.07. The number of fused-ring (bicyclic) bond motifs is 1. The molecular formula is C18H21NO4. The van der Waals surface area contributed by atoms with Gasteiger partial charge in [-0.05, 0) is 56.4 Å². The summed E-state index contributed by atoms with van der Waals surface area (Å²) < 4.78 is 5.56. The SMILES string of the molecule is Cc1cc2occ(CC(=O)N3CCCCC3C(=O)O)c2cc1C. The van der Waals surface area contributed by atoms with E-state index in [-0.39, 0.29) is 12.3 Å². The van der Waals surface area contributed by atoms with Gasteiger partial charge in [-0.2, -0.15) is 0 Å². The molecule has 0 radical (unpaired) electrons. The summed E-state index contributed by atoms with van der Waals surface area (Å²) in [6, 6.07) is 3.31. The average molecular weight is 315 g/mol. The van der Waals surface area contributed by atoms with Crippen LogP contribution in [0.25, 0.3) is 11.0 Å². The zero-order valence-electron chi connectivity index (χ0n) is 13.5. The number of nitrogens with zero attached hydrogens (tertiary/aromatic N) is 1. The maximum absolute atomic E-state index is 12.6. The zero-order valence-corrected chi connectivity index (χ0v) is 13.5. The molecule has 1 aliphatic rings. The topological polar surface area (TPSA) is 70.8 Å². The quantitative estimate of drug-likeness (QED) is 0.945. The van der Waals surface area contributed by atoms with Crippen molar-refractivity contribution in [2.24, 2.45) is 0 Å². The summed E-state index contributed by atoms with van der Waals surface area (Å²) in [6.45, 7) is 4.56. The molecular weight excluding hydrogens is 294 g/mol. The number of piperidine rings is 1. The Morgan fingerprint density at radius 3 is 2.74 bits per heavy atom. The summed E-state index contributed by atoms with van der Waals surface area (Å²) in [5.74, 6) is -1.06. The van der Waals surface area contributed by atoms with Gasteiger partial charge in [-0.1, -0.05) is 0 Å². The number of furan rings is 1. The fourth-order valence-electron chi connectivity index (χ4n) is 3.22. The molecule has 0 bridgehead atoms. The fraction of sp³-hybridized carbons (Fsp3) is 0.444. The first-order valence-corrected chi connectivity index (χ1v) is 7.97. The summed E-state index contributed by atoms with van der Waals surface area (Å²) in [5.41, 5.74) is 3.88. The number of aryl methyl sites for hydroxylation is 2. The van der Waals surface area contributed by atoms with Crippen molar-refractivity contribution < 1.29 is 19.1 Å². The third-order valence-corrected chi connectivity index (χ3v) is 4.72. The highest BCUT2D eigenvalue weighted by molar-refractivity contribution is 5.90. The number of carboxylic acid groups (broad SMARTS) is 1. The van der Waals surface area contributed by atoms with E-state index in [2.05, 4.69) is 0 Å². The van der Waals surface area contributed by atoms with Gasteiger partial charge in [-0.15, -0.1) is 0 Å². The van der Waals surface area contributed by atoms with Crippen molar-refractivity contribution in [2.45, 2.75) is 45.6 Å². The fourth-order valence-corrected chi connectivity index (χ4v) is 3.22. The van der Waals surface area contributed by atoms with E-state index in [0.29, 0.717) is 13.0 Å².